The van der Waals surface area contributed by atoms with E-state index in [1.807, 2.05) is 6.92 Å². The number of thioether (sulfide) groups is 1. The van der Waals surface area contributed by atoms with Gasteiger partial charge < -0.3 is 0 Å². The maximum Gasteiger partial charge on any atom is 0.269 e. The van der Waals surface area contributed by atoms with E-state index in [-0.39, 0.29) is 22.9 Å². The van der Waals surface area contributed by atoms with Crippen molar-refractivity contribution in [2.45, 2.75) is 18.6 Å². The lowest BCUT2D eigenvalue weighted by molar-refractivity contribution is -0.384. The predicted molar refractivity (Wildman–Crippen MR) is 120 cm³/mol. The molecule has 158 valence electrons. The lowest BCUT2D eigenvalue weighted by Gasteiger charge is -2.12. The van der Waals surface area contributed by atoms with Gasteiger partial charge in [-0.1, -0.05) is 36.0 Å². The maximum absolute atomic E-state index is 12.8. The Morgan fingerprint density at radius 2 is 2.00 bits per heavy atom. The highest BCUT2D eigenvalue weighted by Gasteiger charge is 2.13. The molecule has 1 aromatic heterocycles. The molecule has 0 bridgehead atoms. The topological polar surface area (TPSA) is 119 Å². The van der Waals surface area contributed by atoms with E-state index in [0.29, 0.717) is 28.2 Å². The Morgan fingerprint density at radius 3 is 2.68 bits per heavy atom. The number of fused-ring (bicyclic) bond motifs is 1. The van der Waals surface area contributed by atoms with Crippen LogP contribution in [-0.2, 0) is 11.3 Å². The predicted octanol–water partition coefficient (Wildman–Crippen LogP) is 3.12. The van der Waals surface area contributed by atoms with Crippen molar-refractivity contribution in [2.75, 3.05) is 5.75 Å². The number of carbonyl (C=O) groups excluding carboxylic acids is 1. The molecule has 9 nitrogen and oxygen atoms in total. The third-order valence-electron chi connectivity index (χ3n) is 4.09. The molecule has 1 N–H and O–H groups in total. The SMILES string of the molecule is C=C(C)Cn1c(SCC(=O)N/N=C\c2ccc([N+](=O)[O-])cc2)nc2ccccc2c1=O. The average molecular weight is 437 g/mol. The molecular weight excluding hydrogens is 418 g/mol. The molecule has 10 heteroatoms. The molecule has 0 aliphatic rings. The van der Waals surface area contributed by atoms with Gasteiger partial charge in [-0.2, -0.15) is 5.10 Å². The van der Waals surface area contributed by atoms with E-state index in [4.69, 9.17) is 0 Å². The number of nitro benzene ring substituents is 1. The number of nitrogens with one attached hydrogen (secondary N) is 1. The summed E-state index contributed by atoms with van der Waals surface area (Å²) >= 11 is 1.13. The van der Waals surface area contributed by atoms with Crippen molar-refractivity contribution in [1.29, 1.82) is 0 Å². The second-order valence-electron chi connectivity index (χ2n) is 6.69. The standard InChI is InChI=1S/C21H19N5O4S/c1-14(2)12-25-20(28)17-5-3-4-6-18(17)23-21(25)31-13-19(27)24-22-11-15-7-9-16(10-8-15)26(29)30/h3-11H,1,12-13H2,2H3,(H,24,27)/b22-11-. The van der Waals surface area contributed by atoms with Crippen LogP contribution < -0.4 is 11.0 Å². The summed E-state index contributed by atoms with van der Waals surface area (Å²) in [6.07, 6.45) is 1.39. The normalized spacial score (nSPS) is 11.0. The van der Waals surface area contributed by atoms with Gasteiger partial charge in [0, 0.05) is 18.7 Å². The summed E-state index contributed by atoms with van der Waals surface area (Å²) in [5.74, 6) is -0.383. The van der Waals surface area contributed by atoms with Gasteiger partial charge in [0.25, 0.3) is 17.2 Å². The third-order valence-corrected chi connectivity index (χ3v) is 5.07. The first-order valence-corrected chi connectivity index (χ1v) is 10.2. The molecule has 0 spiro atoms. The molecule has 1 heterocycles. The summed E-state index contributed by atoms with van der Waals surface area (Å²) in [5.41, 5.74) is 4.13. The van der Waals surface area contributed by atoms with Gasteiger partial charge in [0.15, 0.2) is 5.16 Å². The number of allylic oxidation sites excluding steroid dienone is 1. The van der Waals surface area contributed by atoms with E-state index in [0.717, 1.165) is 17.3 Å². The minimum absolute atomic E-state index is 0.00142. The minimum atomic E-state index is -0.492. The Morgan fingerprint density at radius 1 is 1.29 bits per heavy atom. The first-order chi connectivity index (χ1) is 14.8. The molecule has 0 saturated heterocycles. The number of amides is 1. The number of benzene rings is 2. The van der Waals surface area contributed by atoms with Crippen LogP contribution in [0.15, 0.2) is 75.7 Å². The number of hydrogen-bond acceptors (Lipinski definition) is 7. The van der Waals surface area contributed by atoms with Crippen molar-refractivity contribution in [2.24, 2.45) is 5.10 Å². The molecule has 31 heavy (non-hydrogen) atoms. The fraction of sp³-hybridized carbons (Fsp3) is 0.143. The van der Waals surface area contributed by atoms with Gasteiger partial charge in [0.05, 0.1) is 27.8 Å². The van der Waals surface area contributed by atoms with Gasteiger partial charge in [0.2, 0.25) is 0 Å². The lowest BCUT2D eigenvalue weighted by atomic mass is 10.2. The number of rotatable bonds is 8. The molecule has 2 aromatic carbocycles. The Labute approximate surface area is 181 Å². The molecule has 0 aliphatic heterocycles. The fourth-order valence-electron chi connectivity index (χ4n) is 2.69. The van der Waals surface area contributed by atoms with Crippen molar-refractivity contribution in [3.63, 3.8) is 0 Å². The van der Waals surface area contributed by atoms with Gasteiger partial charge in [-0.15, -0.1) is 0 Å². The van der Waals surface area contributed by atoms with Crippen molar-refractivity contribution in [1.82, 2.24) is 15.0 Å². The molecule has 0 atom stereocenters. The van der Waals surface area contributed by atoms with E-state index < -0.39 is 4.92 Å². The fourth-order valence-corrected chi connectivity index (χ4v) is 3.48. The summed E-state index contributed by atoms with van der Waals surface area (Å²) in [6, 6.07) is 12.8. The molecular formula is C21H19N5O4S. The van der Waals surface area contributed by atoms with Crippen molar-refractivity contribution < 1.29 is 9.72 Å². The van der Waals surface area contributed by atoms with Crippen LogP contribution >= 0.6 is 11.8 Å². The molecule has 0 saturated carbocycles. The third kappa shape index (κ3) is 5.64. The minimum Gasteiger partial charge on any atom is -0.283 e. The van der Waals surface area contributed by atoms with Gasteiger partial charge in [-0.25, -0.2) is 10.4 Å². The summed E-state index contributed by atoms with van der Waals surface area (Å²) < 4.78 is 1.50. The number of nitro groups is 1. The zero-order valence-corrected chi connectivity index (χ0v) is 17.5. The quantitative estimate of drug-likeness (QED) is 0.144. The Bertz CT molecular complexity index is 1230. The van der Waals surface area contributed by atoms with Crippen LogP contribution in [0.2, 0.25) is 0 Å². The zero-order chi connectivity index (χ0) is 22.4. The van der Waals surface area contributed by atoms with Gasteiger partial charge in [-0.3, -0.25) is 24.3 Å². The Balaban J connectivity index is 1.68. The van der Waals surface area contributed by atoms with Crippen molar-refractivity contribution >= 4 is 40.5 Å². The van der Waals surface area contributed by atoms with Crippen LogP contribution in [0.4, 0.5) is 5.69 Å². The number of para-hydroxylation sites is 1. The van der Waals surface area contributed by atoms with E-state index >= 15 is 0 Å². The summed E-state index contributed by atoms with van der Waals surface area (Å²) in [5, 5.41) is 15.4. The van der Waals surface area contributed by atoms with Crippen LogP contribution in [0.1, 0.15) is 12.5 Å². The summed E-state index contributed by atoms with van der Waals surface area (Å²) in [4.78, 5) is 39.7. The maximum atomic E-state index is 12.8. The van der Waals surface area contributed by atoms with E-state index in [9.17, 15) is 19.7 Å². The van der Waals surface area contributed by atoms with Crippen LogP contribution in [-0.4, -0.2) is 32.3 Å². The highest BCUT2D eigenvalue weighted by atomic mass is 32.2. The average Bonchev–Trinajstić information content (AvgIpc) is 2.74. The molecule has 0 fully saturated rings. The van der Waals surface area contributed by atoms with E-state index in [2.05, 4.69) is 22.1 Å². The van der Waals surface area contributed by atoms with Crippen molar-refractivity contribution in [3.8, 4) is 0 Å². The monoisotopic (exact) mass is 437 g/mol. The highest BCUT2D eigenvalue weighted by molar-refractivity contribution is 7.99. The largest absolute Gasteiger partial charge is 0.283 e. The number of carbonyl (C=O) groups is 1. The highest BCUT2D eigenvalue weighted by Crippen LogP contribution is 2.18. The molecule has 0 radical (unpaired) electrons. The van der Waals surface area contributed by atoms with E-state index in [1.54, 1.807) is 24.3 Å². The Kier molecular flexibility index (Phi) is 6.93. The second kappa shape index (κ2) is 9.81. The number of nitrogens with zero attached hydrogens (tertiary/aromatic N) is 4. The molecule has 0 unspecified atom stereocenters. The van der Waals surface area contributed by atoms with Crippen LogP contribution in [0.5, 0.6) is 0 Å². The molecule has 1 amide bonds. The lowest BCUT2D eigenvalue weighted by Crippen LogP contribution is -2.25. The Hall–Kier alpha value is -3.79. The molecule has 3 aromatic rings. The van der Waals surface area contributed by atoms with Gasteiger partial charge in [0.1, 0.15) is 0 Å². The molecule has 3 rings (SSSR count). The van der Waals surface area contributed by atoms with Gasteiger partial charge in [-0.05, 0) is 36.8 Å². The number of aromatic nitrogens is 2. The van der Waals surface area contributed by atoms with Crippen LogP contribution in [0, 0.1) is 10.1 Å². The van der Waals surface area contributed by atoms with E-state index in [1.165, 1.54) is 35.0 Å². The van der Waals surface area contributed by atoms with Crippen LogP contribution in [0.25, 0.3) is 10.9 Å². The second-order valence-corrected chi connectivity index (χ2v) is 7.63. The van der Waals surface area contributed by atoms with Crippen molar-refractivity contribution in [3.05, 3.63) is 86.7 Å². The smallest absolute Gasteiger partial charge is 0.269 e. The number of hydrazone groups is 1. The molecule has 0 aliphatic carbocycles. The number of non-ortho nitro benzene ring substituents is 1. The zero-order valence-electron chi connectivity index (χ0n) is 16.6. The first-order valence-electron chi connectivity index (χ1n) is 9.18. The summed E-state index contributed by atoms with van der Waals surface area (Å²) in [6.45, 7) is 5.98. The van der Waals surface area contributed by atoms with Gasteiger partial charge >= 0.3 is 0 Å². The van der Waals surface area contributed by atoms with Crippen LogP contribution in [0.3, 0.4) is 0 Å². The first kappa shape index (κ1) is 21.9. The summed E-state index contributed by atoms with van der Waals surface area (Å²) in [7, 11) is 0. The number of hydrogen-bond donors (Lipinski definition) is 1.